The van der Waals surface area contributed by atoms with Crippen molar-refractivity contribution in [2.75, 3.05) is 32.7 Å². The molecule has 0 saturated carbocycles. The molecule has 2 fully saturated rings. The van der Waals surface area contributed by atoms with Crippen LogP contribution in [-0.4, -0.2) is 87.3 Å². The first kappa shape index (κ1) is 21.7. The van der Waals surface area contributed by atoms with Crippen LogP contribution in [0.5, 0.6) is 0 Å². The number of non-ortho nitro benzene ring substituents is 1. The van der Waals surface area contributed by atoms with E-state index in [0.717, 1.165) is 25.9 Å². The van der Waals surface area contributed by atoms with Crippen LogP contribution in [0.4, 0.5) is 5.69 Å². The molecule has 2 atom stereocenters. The average Bonchev–Trinajstić information content (AvgIpc) is 3.20. The fourth-order valence-corrected chi connectivity index (χ4v) is 4.31. The number of likely N-dealkylation sites (tertiary alicyclic amines) is 1. The van der Waals surface area contributed by atoms with Gasteiger partial charge in [0.2, 0.25) is 11.8 Å². The molecule has 2 aliphatic rings. The number of amides is 2. The number of nitro groups is 1. The van der Waals surface area contributed by atoms with Crippen LogP contribution < -0.4 is 0 Å². The summed E-state index contributed by atoms with van der Waals surface area (Å²) in [6.07, 6.45) is 2.01. The monoisotopic (exact) mass is 418 g/mol. The Morgan fingerprint density at radius 2 is 1.67 bits per heavy atom. The van der Waals surface area contributed by atoms with E-state index >= 15 is 0 Å². The number of nitro benzene ring substituents is 1. The van der Waals surface area contributed by atoms with Gasteiger partial charge in [0.1, 0.15) is 0 Å². The van der Waals surface area contributed by atoms with Crippen molar-refractivity contribution in [3.05, 3.63) is 39.9 Å². The number of carbonyl (C=O) groups excluding carboxylic acids is 2. The smallest absolute Gasteiger partial charge is 0.328 e. The van der Waals surface area contributed by atoms with Crippen molar-refractivity contribution < 1.29 is 24.4 Å². The van der Waals surface area contributed by atoms with Gasteiger partial charge in [0, 0.05) is 38.7 Å². The molecule has 3 rings (SSSR count). The highest BCUT2D eigenvalue weighted by Gasteiger charge is 2.44. The van der Waals surface area contributed by atoms with E-state index < -0.39 is 23.0 Å². The van der Waals surface area contributed by atoms with Gasteiger partial charge in [0.15, 0.2) is 6.04 Å². The lowest BCUT2D eigenvalue weighted by Gasteiger charge is -2.46. The summed E-state index contributed by atoms with van der Waals surface area (Å²) in [5.74, 6) is -1.71. The number of nitrogens with zero attached hydrogens (tertiary/aromatic N) is 4. The van der Waals surface area contributed by atoms with Gasteiger partial charge < -0.3 is 19.8 Å². The number of benzene rings is 1. The minimum absolute atomic E-state index is 0.0573. The van der Waals surface area contributed by atoms with Crippen LogP contribution >= 0.6 is 0 Å². The van der Waals surface area contributed by atoms with Crippen molar-refractivity contribution in [1.82, 2.24) is 14.7 Å². The molecular weight excluding hydrogens is 392 g/mol. The molecule has 2 aliphatic heterocycles. The summed E-state index contributed by atoms with van der Waals surface area (Å²) >= 11 is 0. The van der Waals surface area contributed by atoms with Gasteiger partial charge in [-0.15, -0.1) is 0 Å². The maximum absolute atomic E-state index is 13.0. The Morgan fingerprint density at radius 1 is 1.07 bits per heavy atom. The highest BCUT2D eigenvalue weighted by molar-refractivity contribution is 5.87. The van der Waals surface area contributed by atoms with Crippen LogP contribution in [0.25, 0.3) is 0 Å². The van der Waals surface area contributed by atoms with Crippen LogP contribution in [0.1, 0.15) is 25.3 Å². The number of hydrogen-bond acceptors (Lipinski definition) is 6. The van der Waals surface area contributed by atoms with Crippen LogP contribution in [-0.2, 0) is 20.8 Å². The lowest BCUT2D eigenvalue weighted by Crippen LogP contribution is -2.67. The van der Waals surface area contributed by atoms with E-state index in [1.807, 2.05) is 0 Å². The molecule has 162 valence electrons. The van der Waals surface area contributed by atoms with Crippen LogP contribution in [0, 0.1) is 10.1 Å². The number of hydrogen-bond donors (Lipinski definition) is 1. The van der Waals surface area contributed by atoms with Crippen molar-refractivity contribution in [1.29, 1.82) is 0 Å². The van der Waals surface area contributed by atoms with E-state index in [1.54, 1.807) is 4.90 Å². The molecule has 0 bridgehead atoms. The van der Waals surface area contributed by atoms with Crippen molar-refractivity contribution in [2.24, 2.45) is 0 Å². The zero-order valence-corrected chi connectivity index (χ0v) is 16.9. The summed E-state index contributed by atoms with van der Waals surface area (Å²) in [6, 6.07) is 3.89. The Balaban J connectivity index is 1.79. The molecule has 2 amide bonds. The van der Waals surface area contributed by atoms with E-state index in [0.29, 0.717) is 12.1 Å². The van der Waals surface area contributed by atoms with E-state index in [9.17, 15) is 29.6 Å². The van der Waals surface area contributed by atoms with Crippen molar-refractivity contribution in [2.45, 2.75) is 38.3 Å². The first-order valence-corrected chi connectivity index (χ1v) is 10.0. The van der Waals surface area contributed by atoms with Gasteiger partial charge in [0.25, 0.3) is 5.69 Å². The summed E-state index contributed by atoms with van der Waals surface area (Å²) in [6.45, 7) is 3.96. The molecule has 0 aliphatic carbocycles. The Morgan fingerprint density at radius 3 is 2.20 bits per heavy atom. The number of carboxylic acids is 1. The largest absolute Gasteiger partial charge is 0.480 e. The van der Waals surface area contributed by atoms with Gasteiger partial charge in [-0.05, 0) is 31.5 Å². The number of carbonyl (C=O) groups is 3. The van der Waals surface area contributed by atoms with E-state index in [2.05, 4.69) is 4.90 Å². The van der Waals surface area contributed by atoms with Crippen molar-refractivity contribution in [3.63, 3.8) is 0 Å². The fraction of sp³-hybridized carbons (Fsp3) is 0.550. The normalized spacial score (nSPS) is 22.2. The predicted molar refractivity (Wildman–Crippen MR) is 107 cm³/mol. The fourth-order valence-electron chi connectivity index (χ4n) is 4.31. The highest BCUT2D eigenvalue weighted by Crippen LogP contribution is 2.23. The Labute approximate surface area is 174 Å². The number of aliphatic carboxylic acids is 1. The Kier molecular flexibility index (Phi) is 6.66. The maximum atomic E-state index is 13.0. The first-order chi connectivity index (χ1) is 14.3. The zero-order chi connectivity index (χ0) is 21.8. The van der Waals surface area contributed by atoms with Gasteiger partial charge in [-0.25, -0.2) is 4.79 Å². The van der Waals surface area contributed by atoms with Gasteiger partial charge in [-0.2, -0.15) is 0 Å². The van der Waals surface area contributed by atoms with Gasteiger partial charge >= 0.3 is 5.97 Å². The molecule has 10 heteroatoms. The molecule has 1 aromatic rings. The lowest BCUT2D eigenvalue weighted by atomic mass is 9.99. The minimum Gasteiger partial charge on any atom is -0.480 e. The zero-order valence-electron chi connectivity index (χ0n) is 16.9. The minimum atomic E-state index is -1.14. The molecule has 2 saturated heterocycles. The predicted octanol–water partition coefficient (Wildman–Crippen LogP) is 0.746. The number of piperazine rings is 1. The number of carboxylic acid groups (broad SMARTS) is 1. The van der Waals surface area contributed by atoms with Gasteiger partial charge in [0.05, 0.1) is 17.4 Å². The van der Waals surface area contributed by atoms with Crippen LogP contribution in [0.2, 0.25) is 0 Å². The molecule has 0 spiro atoms. The summed E-state index contributed by atoms with van der Waals surface area (Å²) in [5, 5.41) is 20.7. The average molecular weight is 418 g/mol. The van der Waals surface area contributed by atoms with Crippen molar-refractivity contribution in [3.8, 4) is 0 Å². The van der Waals surface area contributed by atoms with Crippen LogP contribution in [0.3, 0.4) is 0 Å². The highest BCUT2D eigenvalue weighted by atomic mass is 16.6. The molecular formula is C20H26N4O6. The van der Waals surface area contributed by atoms with Gasteiger partial charge in [-0.3, -0.25) is 19.7 Å². The quantitative estimate of drug-likeness (QED) is 0.534. The summed E-state index contributed by atoms with van der Waals surface area (Å²) < 4.78 is 0. The first-order valence-electron chi connectivity index (χ1n) is 10.0. The lowest BCUT2D eigenvalue weighted by molar-refractivity contribution is -0.384. The summed E-state index contributed by atoms with van der Waals surface area (Å²) in [4.78, 5) is 52.6. The molecule has 2 heterocycles. The standard InChI is InChI=1S/C20H26N4O6/c1-14(25)22-10-11-23(18(26)12-15-4-6-16(7-5-15)24(29)30)19(20(27)28)17(22)13-21-8-2-3-9-21/h4-7,17,19H,2-3,8-13H2,1H3,(H,27,28)/t17-,19+/m0/s1. The summed E-state index contributed by atoms with van der Waals surface area (Å²) in [7, 11) is 0. The molecule has 0 unspecified atom stereocenters. The summed E-state index contributed by atoms with van der Waals surface area (Å²) in [5.41, 5.74) is 0.496. The Bertz CT molecular complexity index is 821. The SMILES string of the molecule is CC(=O)N1CCN(C(=O)Cc2ccc([N+](=O)[O-])cc2)[C@@H](C(=O)O)[C@@H]1CN1CCCC1. The molecule has 30 heavy (non-hydrogen) atoms. The third kappa shape index (κ3) is 4.76. The second kappa shape index (κ2) is 9.21. The van der Waals surface area contributed by atoms with E-state index in [-0.39, 0.29) is 37.0 Å². The van der Waals surface area contributed by atoms with Crippen molar-refractivity contribution >= 4 is 23.5 Å². The van der Waals surface area contributed by atoms with E-state index in [4.69, 9.17) is 0 Å². The molecule has 0 aromatic heterocycles. The second-order valence-electron chi connectivity index (χ2n) is 7.76. The number of rotatable bonds is 6. The molecule has 1 aromatic carbocycles. The van der Waals surface area contributed by atoms with Crippen LogP contribution in [0.15, 0.2) is 24.3 Å². The molecule has 1 N–H and O–H groups in total. The van der Waals surface area contributed by atoms with E-state index in [1.165, 1.54) is 36.1 Å². The molecule has 10 nitrogen and oxygen atoms in total. The second-order valence-corrected chi connectivity index (χ2v) is 7.76. The van der Waals surface area contributed by atoms with Gasteiger partial charge in [-0.1, -0.05) is 12.1 Å². The Hall–Kier alpha value is -3.01. The third-order valence-electron chi connectivity index (χ3n) is 5.81. The molecule has 0 radical (unpaired) electrons. The maximum Gasteiger partial charge on any atom is 0.328 e. The topological polar surface area (TPSA) is 124 Å². The third-order valence-corrected chi connectivity index (χ3v) is 5.81.